The van der Waals surface area contributed by atoms with Crippen molar-refractivity contribution in [1.29, 1.82) is 0 Å². The van der Waals surface area contributed by atoms with Crippen LogP contribution < -0.4 is 0 Å². The first kappa shape index (κ1) is 15.7. The van der Waals surface area contributed by atoms with Crippen molar-refractivity contribution in [2.45, 2.75) is 0 Å². The number of nitrogens with zero attached hydrogens (tertiary/aromatic N) is 3. The van der Waals surface area contributed by atoms with E-state index in [1.807, 2.05) is 18.2 Å². The standard InChI is InChI=1S/C43H27N3O/c1-3-11-28(12-4-1)32-25-26-34-33(27-32)15-9-18-36(34)43-45-41(30-13-5-2-6-14-30)44-42(46-43)31-23-21-29(22-24-31)35-17-10-20-39-40(35)37-16-7-8-19-38(37)47-39/h1-27H/i1D,3D,4D,9D,11D,12D,15D,18D,21D,22D,23D,24D,25D,26D,27D. The molecule has 0 aliphatic carbocycles. The van der Waals surface area contributed by atoms with Crippen LogP contribution in [-0.2, 0) is 0 Å². The van der Waals surface area contributed by atoms with Crippen molar-refractivity contribution in [2.24, 2.45) is 0 Å². The second-order valence-electron chi connectivity index (χ2n) is 10.4. The molecule has 0 aliphatic heterocycles. The summed E-state index contributed by atoms with van der Waals surface area (Å²) in [5.74, 6) is -0.872. The molecular formula is C43H27N3O. The quantitative estimate of drug-likeness (QED) is 0.193. The number of hydrogen-bond acceptors (Lipinski definition) is 4. The normalized spacial score (nSPS) is 15.9. The number of furan rings is 1. The zero-order valence-electron chi connectivity index (χ0n) is 39.2. The largest absolute Gasteiger partial charge is 0.456 e. The monoisotopic (exact) mass is 616 g/mol. The molecule has 0 fully saturated rings. The Hall–Kier alpha value is -6.39. The predicted octanol–water partition coefficient (Wildman–Crippen LogP) is 11.3. The first-order valence-electron chi connectivity index (χ1n) is 22.0. The molecule has 2 aromatic heterocycles. The molecule has 0 atom stereocenters. The summed E-state index contributed by atoms with van der Waals surface area (Å²) in [6.07, 6.45) is 0. The lowest BCUT2D eigenvalue weighted by Crippen LogP contribution is -2.00. The summed E-state index contributed by atoms with van der Waals surface area (Å²) in [6.45, 7) is 0. The topological polar surface area (TPSA) is 51.8 Å². The molecule has 0 amide bonds. The number of benzene rings is 7. The third-order valence-corrected chi connectivity index (χ3v) is 7.60. The average molecular weight is 617 g/mol. The Labute approximate surface area is 292 Å². The van der Waals surface area contributed by atoms with Crippen LogP contribution in [0.5, 0.6) is 0 Å². The summed E-state index contributed by atoms with van der Waals surface area (Å²) < 4.78 is 139. The highest BCUT2D eigenvalue weighted by Gasteiger charge is 2.16. The van der Waals surface area contributed by atoms with Gasteiger partial charge in [0.15, 0.2) is 17.5 Å². The molecule has 0 spiro atoms. The maximum absolute atomic E-state index is 9.30. The molecule has 7 aromatic carbocycles. The van der Waals surface area contributed by atoms with Gasteiger partial charge in [0, 0.05) is 27.5 Å². The van der Waals surface area contributed by atoms with Gasteiger partial charge in [0.25, 0.3) is 0 Å². The second-order valence-corrected chi connectivity index (χ2v) is 10.4. The summed E-state index contributed by atoms with van der Waals surface area (Å²) in [7, 11) is 0. The van der Waals surface area contributed by atoms with Crippen LogP contribution in [-0.4, -0.2) is 15.0 Å². The fourth-order valence-electron chi connectivity index (χ4n) is 5.43. The van der Waals surface area contributed by atoms with Gasteiger partial charge in [-0.2, -0.15) is 0 Å². The highest BCUT2D eigenvalue weighted by atomic mass is 16.3. The Bertz CT molecular complexity index is 3370. The van der Waals surface area contributed by atoms with Crippen molar-refractivity contribution in [2.75, 3.05) is 0 Å². The van der Waals surface area contributed by atoms with Crippen molar-refractivity contribution < 1.29 is 25.0 Å². The fourth-order valence-corrected chi connectivity index (χ4v) is 5.43. The van der Waals surface area contributed by atoms with Crippen LogP contribution in [0.4, 0.5) is 0 Å². The van der Waals surface area contributed by atoms with E-state index in [2.05, 4.69) is 15.0 Å². The van der Waals surface area contributed by atoms with E-state index in [1.54, 1.807) is 54.6 Å². The first-order chi connectivity index (χ1) is 29.5. The lowest BCUT2D eigenvalue weighted by Gasteiger charge is -2.12. The summed E-state index contributed by atoms with van der Waals surface area (Å²) >= 11 is 0. The van der Waals surface area contributed by atoms with Crippen molar-refractivity contribution >= 4 is 32.7 Å². The molecule has 4 nitrogen and oxygen atoms in total. The molecule has 0 aliphatic rings. The molecule has 0 bridgehead atoms. The maximum Gasteiger partial charge on any atom is 0.164 e. The minimum absolute atomic E-state index is 0.0116. The van der Waals surface area contributed by atoms with Gasteiger partial charge in [0.05, 0.1) is 20.6 Å². The average Bonchev–Trinajstić information content (AvgIpc) is 3.66. The summed E-state index contributed by atoms with van der Waals surface area (Å²) in [6, 6.07) is 10.8. The third-order valence-electron chi connectivity index (χ3n) is 7.60. The highest BCUT2D eigenvalue weighted by molar-refractivity contribution is 6.12. The fraction of sp³-hybridized carbons (Fsp3) is 0. The molecule has 4 heteroatoms. The maximum atomic E-state index is 9.30. The van der Waals surface area contributed by atoms with Crippen LogP contribution >= 0.6 is 0 Å². The Morgan fingerprint density at radius 2 is 1.13 bits per heavy atom. The zero-order valence-corrected chi connectivity index (χ0v) is 24.2. The number of hydrogen-bond donors (Lipinski definition) is 0. The summed E-state index contributed by atoms with van der Waals surface area (Å²) in [5.41, 5.74) is -0.0324. The molecule has 0 saturated carbocycles. The molecular weight excluding hydrogens is 574 g/mol. The van der Waals surface area contributed by atoms with Gasteiger partial charge in [-0.3, -0.25) is 0 Å². The van der Waals surface area contributed by atoms with E-state index in [4.69, 9.17) is 16.8 Å². The van der Waals surface area contributed by atoms with Crippen LogP contribution in [0, 0.1) is 0 Å². The van der Waals surface area contributed by atoms with Gasteiger partial charge in [0.1, 0.15) is 11.2 Å². The van der Waals surface area contributed by atoms with Gasteiger partial charge in [-0.25, -0.2) is 15.0 Å². The lowest BCUT2D eigenvalue weighted by atomic mass is 9.98. The minimum atomic E-state index is -0.771. The van der Waals surface area contributed by atoms with Gasteiger partial charge in [-0.05, 0) is 51.2 Å². The van der Waals surface area contributed by atoms with Gasteiger partial charge in [-0.15, -0.1) is 0 Å². The van der Waals surface area contributed by atoms with E-state index >= 15 is 0 Å². The Morgan fingerprint density at radius 1 is 0.426 bits per heavy atom. The molecule has 47 heavy (non-hydrogen) atoms. The Morgan fingerprint density at radius 3 is 1.98 bits per heavy atom. The van der Waals surface area contributed by atoms with Crippen molar-refractivity contribution in [3.63, 3.8) is 0 Å². The van der Waals surface area contributed by atoms with Crippen LogP contribution in [0.25, 0.3) is 89.1 Å². The van der Waals surface area contributed by atoms with Crippen LogP contribution in [0.3, 0.4) is 0 Å². The van der Waals surface area contributed by atoms with Gasteiger partial charge < -0.3 is 4.42 Å². The predicted molar refractivity (Wildman–Crippen MR) is 192 cm³/mol. The second kappa shape index (κ2) is 11.2. The molecule has 9 rings (SSSR count). The lowest BCUT2D eigenvalue weighted by molar-refractivity contribution is 0.669. The van der Waals surface area contributed by atoms with Crippen molar-refractivity contribution in [3.8, 4) is 56.4 Å². The van der Waals surface area contributed by atoms with E-state index in [0.29, 0.717) is 33.1 Å². The highest BCUT2D eigenvalue weighted by Crippen LogP contribution is 2.37. The Balaban J connectivity index is 1.35. The van der Waals surface area contributed by atoms with E-state index < -0.39 is 124 Å². The van der Waals surface area contributed by atoms with Gasteiger partial charge in [-0.1, -0.05) is 145 Å². The number of para-hydroxylation sites is 1. The molecule has 0 N–H and O–H groups in total. The van der Waals surface area contributed by atoms with Crippen LogP contribution in [0.2, 0.25) is 0 Å². The van der Waals surface area contributed by atoms with Crippen molar-refractivity contribution in [1.82, 2.24) is 15.0 Å². The molecule has 220 valence electrons. The first-order valence-corrected chi connectivity index (χ1v) is 14.5. The summed E-state index contributed by atoms with van der Waals surface area (Å²) in [4.78, 5) is 13.8. The van der Waals surface area contributed by atoms with Gasteiger partial charge in [0.2, 0.25) is 0 Å². The zero-order chi connectivity index (χ0) is 44.2. The molecule has 2 heterocycles. The van der Waals surface area contributed by atoms with Crippen LogP contribution in [0.15, 0.2) is 168 Å². The number of aromatic nitrogens is 3. The SMILES string of the molecule is [2H]c1c([2H])c([2H])c(-c2c([2H])c([2H])c3c(-c4nc(-c5ccccc5)nc(-c5c([2H])c([2H])c(-c6cccc7oc8ccccc8c67)c([2H])c5[2H])n4)c([2H])c([2H])c([2H])c3c2[2H])c([2H])c1[2H]. The van der Waals surface area contributed by atoms with Crippen molar-refractivity contribution in [3.05, 3.63) is 163 Å². The minimum Gasteiger partial charge on any atom is -0.456 e. The number of fused-ring (bicyclic) bond motifs is 4. The Kier molecular flexibility index (Phi) is 3.75. The molecule has 0 unspecified atom stereocenters. The molecule has 0 radical (unpaired) electrons. The van der Waals surface area contributed by atoms with E-state index in [-0.39, 0.29) is 22.8 Å². The van der Waals surface area contributed by atoms with E-state index in [1.165, 1.54) is 0 Å². The smallest absolute Gasteiger partial charge is 0.164 e. The summed E-state index contributed by atoms with van der Waals surface area (Å²) in [5, 5.41) is 0.448. The van der Waals surface area contributed by atoms with Crippen LogP contribution in [0.1, 0.15) is 20.6 Å². The van der Waals surface area contributed by atoms with E-state index in [9.17, 15) is 8.22 Å². The van der Waals surface area contributed by atoms with Gasteiger partial charge >= 0.3 is 0 Å². The molecule has 9 aromatic rings. The molecule has 0 saturated heterocycles. The third kappa shape index (κ3) is 4.84. The number of rotatable bonds is 5. The van der Waals surface area contributed by atoms with E-state index in [0.717, 1.165) is 0 Å².